The summed E-state index contributed by atoms with van der Waals surface area (Å²) >= 11 is 6.30. The Labute approximate surface area is 126 Å². The maximum Gasteiger partial charge on any atom is 0.221 e. The monoisotopic (exact) mass is 297 g/mol. The van der Waals surface area contributed by atoms with Crippen molar-refractivity contribution in [2.75, 3.05) is 32.1 Å². The van der Waals surface area contributed by atoms with Crippen molar-refractivity contribution in [3.8, 4) is 0 Å². The van der Waals surface area contributed by atoms with Gasteiger partial charge in [0.2, 0.25) is 5.91 Å². The minimum absolute atomic E-state index is 0.0459. The van der Waals surface area contributed by atoms with Gasteiger partial charge in [-0.2, -0.15) is 0 Å². The highest BCUT2D eigenvalue weighted by Crippen LogP contribution is 2.26. The van der Waals surface area contributed by atoms with E-state index >= 15 is 0 Å². The molecule has 0 aliphatic carbocycles. The van der Waals surface area contributed by atoms with Crippen molar-refractivity contribution in [2.24, 2.45) is 0 Å². The van der Waals surface area contributed by atoms with Gasteiger partial charge >= 0.3 is 0 Å². The Hall–Kier alpha value is -1.26. The van der Waals surface area contributed by atoms with E-state index in [0.717, 1.165) is 35.8 Å². The third-order valence-corrected chi connectivity index (χ3v) is 3.54. The lowest BCUT2D eigenvalue weighted by Gasteiger charge is -2.23. The van der Waals surface area contributed by atoms with Crippen LogP contribution in [0.25, 0.3) is 0 Å². The number of benzene rings is 1. The predicted octanol–water partition coefficient (Wildman–Crippen LogP) is 2.41. The molecular weight excluding hydrogens is 274 g/mol. The van der Waals surface area contributed by atoms with Crippen molar-refractivity contribution < 1.29 is 4.79 Å². The van der Waals surface area contributed by atoms with Gasteiger partial charge in [-0.15, -0.1) is 0 Å². The Bertz CT molecular complexity index is 437. The zero-order valence-electron chi connectivity index (χ0n) is 12.5. The van der Waals surface area contributed by atoms with Crippen LogP contribution in [-0.4, -0.2) is 33.1 Å². The van der Waals surface area contributed by atoms with Gasteiger partial charge in [0, 0.05) is 49.9 Å². The summed E-state index contributed by atoms with van der Waals surface area (Å²) in [7, 11) is 3.64. The van der Waals surface area contributed by atoms with E-state index < -0.39 is 0 Å². The molecule has 0 unspecified atom stereocenters. The largest absolute Gasteiger partial charge is 0.374 e. The summed E-state index contributed by atoms with van der Waals surface area (Å²) < 4.78 is 0. The Morgan fingerprint density at radius 1 is 1.40 bits per heavy atom. The number of halogens is 1. The molecule has 0 saturated heterocycles. The zero-order valence-corrected chi connectivity index (χ0v) is 13.3. The Morgan fingerprint density at radius 2 is 2.15 bits per heavy atom. The van der Waals surface area contributed by atoms with Crippen LogP contribution in [0, 0.1) is 0 Å². The van der Waals surface area contributed by atoms with Gasteiger partial charge in [-0.1, -0.05) is 24.6 Å². The molecule has 0 heterocycles. The van der Waals surface area contributed by atoms with Crippen molar-refractivity contribution in [3.63, 3.8) is 0 Å². The van der Waals surface area contributed by atoms with Crippen molar-refractivity contribution in [3.05, 3.63) is 28.8 Å². The fraction of sp³-hybridized carbons (Fsp3) is 0.533. The first-order chi connectivity index (χ1) is 9.60. The molecule has 0 atom stereocenters. The van der Waals surface area contributed by atoms with E-state index in [-0.39, 0.29) is 5.91 Å². The number of hydrogen-bond donors (Lipinski definition) is 2. The average molecular weight is 298 g/mol. The van der Waals surface area contributed by atoms with Crippen LogP contribution in [0.15, 0.2) is 18.2 Å². The quantitative estimate of drug-likeness (QED) is 0.724. The van der Waals surface area contributed by atoms with Crippen LogP contribution in [0.1, 0.15) is 25.3 Å². The van der Waals surface area contributed by atoms with Gasteiger partial charge in [0.15, 0.2) is 0 Å². The van der Waals surface area contributed by atoms with Crippen LogP contribution < -0.4 is 15.5 Å². The van der Waals surface area contributed by atoms with E-state index in [2.05, 4.69) is 22.5 Å². The minimum atomic E-state index is 0.0459. The van der Waals surface area contributed by atoms with Crippen molar-refractivity contribution in [2.45, 2.75) is 26.3 Å². The van der Waals surface area contributed by atoms with Crippen molar-refractivity contribution in [1.82, 2.24) is 10.6 Å². The zero-order chi connectivity index (χ0) is 15.0. The first kappa shape index (κ1) is 16.8. The van der Waals surface area contributed by atoms with Gasteiger partial charge in [0.25, 0.3) is 0 Å². The third kappa shape index (κ3) is 5.02. The topological polar surface area (TPSA) is 44.4 Å². The van der Waals surface area contributed by atoms with Crippen LogP contribution >= 0.6 is 11.6 Å². The smallest absolute Gasteiger partial charge is 0.221 e. The van der Waals surface area contributed by atoms with E-state index in [0.29, 0.717) is 13.0 Å². The van der Waals surface area contributed by atoms with Crippen LogP contribution in [0.3, 0.4) is 0 Å². The molecule has 0 fully saturated rings. The highest BCUT2D eigenvalue weighted by molar-refractivity contribution is 6.31. The van der Waals surface area contributed by atoms with Gasteiger partial charge in [0.1, 0.15) is 0 Å². The normalized spacial score (nSPS) is 10.4. The van der Waals surface area contributed by atoms with Gasteiger partial charge < -0.3 is 15.5 Å². The molecule has 1 amide bonds. The fourth-order valence-electron chi connectivity index (χ4n) is 1.98. The summed E-state index contributed by atoms with van der Waals surface area (Å²) in [6.07, 6.45) is 1.56. The molecule has 1 aromatic carbocycles. The summed E-state index contributed by atoms with van der Waals surface area (Å²) in [5, 5.41) is 6.77. The second kappa shape index (κ2) is 8.82. The molecular formula is C15H24ClN3O. The number of hydrogen-bond acceptors (Lipinski definition) is 3. The number of carbonyl (C=O) groups excluding carboxylic acids is 1. The maximum absolute atomic E-state index is 11.3. The molecule has 4 nitrogen and oxygen atoms in total. The van der Waals surface area contributed by atoms with Crippen LogP contribution in [0.5, 0.6) is 0 Å². The van der Waals surface area contributed by atoms with Gasteiger partial charge in [0.05, 0.1) is 0 Å². The van der Waals surface area contributed by atoms with E-state index in [9.17, 15) is 4.79 Å². The van der Waals surface area contributed by atoms with Gasteiger partial charge in [-0.25, -0.2) is 0 Å². The number of rotatable bonds is 8. The van der Waals surface area contributed by atoms with Crippen molar-refractivity contribution in [1.29, 1.82) is 0 Å². The summed E-state index contributed by atoms with van der Waals surface area (Å²) in [6, 6.07) is 5.89. The van der Waals surface area contributed by atoms with Crippen LogP contribution in [0.4, 0.5) is 5.69 Å². The van der Waals surface area contributed by atoms with E-state index in [1.807, 2.05) is 25.2 Å². The summed E-state index contributed by atoms with van der Waals surface area (Å²) in [4.78, 5) is 13.4. The number of nitrogens with zero attached hydrogens (tertiary/aromatic N) is 1. The lowest BCUT2D eigenvalue weighted by molar-refractivity contribution is -0.120. The number of amides is 1. The third-order valence-electron chi connectivity index (χ3n) is 3.19. The molecule has 0 spiro atoms. The Balaban J connectivity index is 2.76. The number of anilines is 1. The van der Waals surface area contributed by atoms with Crippen LogP contribution in [-0.2, 0) is 11.3 Å². The summed E-state index contributed by atoms with van der Waals surface area (Å²) in [6.45, 7) is 4.51. The lowest BCUT2D eigenvalue weighted by atomic mass is 10.1. The molecule has 2 N–H and O–H groups in total. The van der Waals surface area contributed by atoms with Gasteiger partial charge in [-0.3, -0.25) is 4.79 Å². The van der Waals surface area contributed by atoms with Gasteiger partial charge in [-0.05, 0) is 25.1 Å². The fourth-order valence-corrected chi connectivity index (χ4v) is 2.22. The van der Waals surface area contributed by atoms with E-state index in [1.165, 1.54) is 0 Å². The first-order valence-electron chi connectivity index (χ1n) is 7.00. The molecule has 20 heavy (non-hydrogen) atoms. The molecule has 0 radical (unpaired) electrons. The van der Waals surface area contributed by atoms with E-state index in [4.69, 9.17) is 11.6 Å². The average Bonchev–Trinajstić information content (AvgIpc) is 2.46. The predicted molar refractivity (Wildman–Crippen MR) is 85.4 cm³/mol. The van der Waals surface area contributed by atoms with Crippen molar-refractivity contribution >= 4 is 23.2 Å². The minimum Gasteiger partial charge on any atom is -0.374 e. The second-order valence-corrected chi connectivity index (χ2v) is 5.17. The molecule has 0 aliphatic heterocycles. The highest BCUT2D eigenvalue weighted by Gasteiger charge is 2.11. The Morgan fingerprint density at radius 3 is 2.80 bits per heavy atom. The summed E-state index contributed by atoms with van der Waals surface area (Å²) in [5.74, 6) is 0.0459. The molecule has 1 rings (SSSR count). The molecule has 0 aliphatic rings. The molecule has 1 aromatic rings. The molecule has 112 valence electrons. The van der Waals surface area contributed by atoms with E-state index in [1.54, 1.807) is 7.05 Å². The number of nitrogens with one attached hydrogen (secondary N) is 2. The molecule has 0 saturated carbocycles. The molecule has 0 aromatic heterocycles. The maximum atomic E-state index is 11.3. The molecule has 0 bridgehead atoms. The standard InChI is InChI=1S/C15H24ClN3O/c1-4-9-18-11-12-13(16)6-5-7-14(12)19(3)10-8-15(20)17-2/h5-7,18H,4,8-11H2,1-3H3,(H,17,20). The lowest BCUT2D eigenvalue weighted by Crippen LogP contribution is -2.27. The summed E-state index contributed by atoms with van der Waals surface area (Å²) in [5.41, 5.74) is 2.16. The highest BCUT2D eigenvalue weighted by atomic mass is 35.5. The first-order valence-corrected chi connectivity index (χ1v) is 7.37. The second-order valence-electron chi connectivity index (χ2n) is 4.76. The molecule has 5 heteroatoms. The Kier molecular flexibility index (Phi) is 7.41. The SMILES string of the molecule is CCCNCc1c(Cl)cccc1N(C)CCC(=O)NC. The van der Waals surface area contributed by atoms with Crippen LogP contribution in [0.2, 0.25) is 5.02 Å². The number of carbonyl (C=O) groups is 1.